The lowest BCUT2D eigenvalue weighted by Gasteiger charge is -2.27. The molecule has 0 saturated carbocycles. The zero-order valence-electron chi connectivity index (χ0n) is 14.1. The fourth-order valence-corrected chi connectivity index (χ4v) is 3.66. The second-order valence-corrected chi connectivity index (χ2v) is 7.79. The molecule has 2 aromatic rings. The molecule has 1 atom stereocenters. The molecule has 3 rings (SSSR count). The van der Waals surface area contributed by atoms with Crippen LogP contribution in [-0.4, -0.2) is 47.1 Å². The van der Waals surface area contributed by atoms with Crippen LogP contribution in [0.15, 0.2) is 24.3 Å². The summed E-state index contributed by atoms with van der Waals surface area (Å²) in [6.07, 6.45) is 0.707. The zero-order chi connectivity index (χ0) is 16.6. The Bertz CT molecular complexity index is 707. The van der Waals surface area contributed by atoms with Gasteiger partial charge in [-0.1, -0.05) is 12.1 Å². The summed E-state index contributed by atoms with van der Waals surface area (Å²) in [5.41, 5.74) is -0.452. The van der Waals surface area contributed by atoms with Gasteiger partial charge in [-0.05, 0) is 50.9 Å². The van der Waals surface area contributed by atoms with E-state index in [4.69, 9.17) is 4.74 Å². The monoisotopic (exact) mass is 333 g/mol. The topological polar surface area (TPSA) is 45.7 Å². The van der Waals surface area contributed by atoms with Gasteiger partial charge in [0.15, 0.2) is 0 Å². The average Bonchev–Trinajstić information content (AvgIpc) is 3.12. The standard InChI is InChI=1S/C17H23N3O2S/c1-17(2,3)22-16(21)20-10-9-12(11-20)19(4)15-13-7-5-6-8-14(13)23-18-15/h5-8,12H,9-11H2,1-4H3/t12-/m1/s1. The van der Waals surface area contributed by atoms with Gasteiger partial charge in [0.05, 0.1) is 4.70 Å². The van der Waals surface area contributed by atoms with E-state index in [0.717, 1.165) is 18.8 Å². The normalized spacial score (nSPS) is 18.4. The van der Waals surface area contributed by atoms with Crippen LogP contribution in [0.4, 0.5) is 10.6 Å². The number of ether oxygens (including phenoxy) is 1. The number of likely N-dealkylation sites (tertiary alicyclic amines) is 1. The fraction of sp³-hybridized carbons (Fsp3) is 0.529. The predicted molar refractivity (Wildman–Crippen MR) is 94.2 cm³/mol. The van der Waals surface area contributed by atoms with Crippen molar-refractivity contribution in [2.45, 2.75) is 38.8 Å². The molecule has 0 bridgehead atoms. The highest BCUT2D eigenvalue weighted by Gasteiger charge is 2.32. The van der Waals surface area contributed by atoms with Gasteiger partial charge in [0.1, 0.15) is 11.4 Å². The van der Waals surface area contributed by atoms with Gasteiger partial charge in [-0.3, -0.25) is 0 Å². The molecule has 1 amide bonds. The van der Waals surface area contributed by atoms with Crippen molar-refractivity contribution in [3.63, 3.8) is 0 Å². The van der Waals surface area contributed by atoms with Crippen molar-refractivity contribution in [3.05, 3.63) is 24.3 Å². The van der Waals surface area contributed by atoms with Crippen LogP contribution in [0.1, 0.15) is 27.2 Å². The van der Waals surface area contributed by atoms with Crippen LogP contribution in [-0.2, 0) is 4.74 Å². The first-order valence-electron chi connectivity index (χ1n) is 7.90. The van der Waals surface area contributed by atoms with Crippen molar-refractivity contribution >= 4 is 33.5 Å². The molecule has 124 valence electrons. The van der Waals surface area contributed by atoms with Gasteiger partial charge in [0.2, 0.25) is 0 Å². The summed E-state index contributed by atoms with van der Waals surface area (Å²) in [6, 6.07) is 8.53. The summed E-state index contributed by atoms with van der Waals surface area (Å²) in [6.45, 7) is 7.09. The highest BCUT2D eigenvalue weighted by molar-refractivity contribution is 7.13. The quantitative estimate of drug-likeness (QED) is 0.840. The molecule has 5 nitrogen and oxygen atoms in total. The van der Waals surface area contributed by atoms with E-state index in [1.165, 1.54) is 21.6 Å². The first-order chi connectivity index (χ1) is 10.8. The lowest BCUT2D eigenvalue weighted by atomic mass is 10.2. The number of fused-ring (bicyclic) bond motifs is 1. The Kier molecular flexibility index (Phi) is 4.19. The molecular formula is C17H23N3O2S. The van der Waals surface area contributed by atoms with Gasteiger partial charge in [0, 0.05) is 31.6 Å². The Hall–Kier alpha value is -1.82. The van der Waals surface area contributed by atoms with Gasteiger partial charge in [-0.2, -0.15) is 4.37 Å². The van der Waals surface area contributed by atoms with Crippen molar-refractivity contribution < 1.29 is 9.53 Å². The molecule has 1 aromatic carbocycles. The minimum atomic E-state index is -0.452. The smallest absolute Gasteiger partial charge is 0.410 e. The number of benzene rings is 1. The molecule has 1 aliphatic rings. The second-order valence-electron chi connectivity index (χ2n) is 6.98. The van der Waals surface area contributed by atoms with E-state index in [-0.39, 0.29) is 12.1 Å². The predicted octanol–water partition coefficient (Wildman–Crippen LogP) is 3.74. The number of likely N-dealkylation sites (N-methyl/N-ethyl adjacent to an activating group) is 1. The summed E-state index contributed by atoms with van der Waals surface area (Å²) >= 11 is 1.52. The maximum Gasteiger partial charge on any atom is 0.410 e. The van der Waals surface area contributed by atoms with Crippen LogP contribution < -0.4 is 4.90 Å². The number of nitrogens with zero attached hydrogens (tertiary/aromatic N) is 3. The number of hydrogen-bond donors (Lipinski definition) is 0. The van der Waals surface area contributed by atoms with Crippen LogP contribution in [0.25, 0.3) is 10.1 Å². The first kappa shape index (κ1) is 16.1. The first-order valence-corrected chi connectivity index (χ1v) is 8.68. The third kappa shape index (κ3) is 3.42. The molecule has 1 aliphatic heterocycles. The van der Waals surface area contributed by atoms with Crippen molar-refractivity contribution in [1.82, 2.24) is 9.27 Å². The summed E-state index contributed by atoms with van der Waals surface area (Å²) in [4.78, 5) is 16.2. The number of carbonyl (C=O) groups is 1. The van der Waals surface area contributed by atoms with E-state index < -0.39 is 5.60 Å². The Morgan fingerprint density at radius 1 is 1.39 bits per heavy atom. The van der Waals surface area contributed by atoms with Gasteiger partial charge in [0.25, 0.3) is 0 Å². The molecule has 6 heteroatoms. The third-order valence-corrected chi connectivity index (χ3v) is 4.87. The molecule has 0 unspecified atom stereocenters. The van der Waals surface area contributed by atoms with Crippen LogP contribution in [0.5, 0.6) is 0 Å². The molecule has 1 fully saturated rings. The SMILES string of the molecule is CN(c1nsc2ccccc12)[C@@H]1CCN(C(=O)OC(C)(C)C)C1. The van der Waals surface area contributed by atoms with Crippen molar-refractivity contribution in [2.75, 3.05) is 25.0 Å². The van der Waals surface area contributed by atoms with Crippen molar-refractivity contribution in [2.24, 2.45) is 0 Å². The lowest BCUT2D eigenvalue weighted by molar-refractivity contribution is 0.0292. The van der Waals surface area contributed by atoms with E-state index in [2.05, 4.69) is 28.5 Å². The van der Waals surface area contributed by atoms with Gasteiger partial charge in [-0.15, -0.1) is 0 Å². The zero-order valence-corrected chi connectivity index (χ0v) is 14.9. The molecule has 0 spiro atoms. The number of rotatable bonds is 2. The Morgan fingerprint density at radius 2 is 2.13 bits per heavy atom. The lowest BCUT2D eigenvalue weighted by Crippen LogP contribution is -2.39. The molecule has 23 heavy (non-hydrogen) atoms. The second kappa shape index (κ2) is 6.00. The number of anilines is 1. The molecule has 0 radical (unpaired) electrons. The number of hydrogen-bond acceptors (Lipinski definition) is 5. The van der Waals surface area contributed by atoms with Crippen molar-refractivity contribution in [3.8, 4) is 0 Å². The van der Waals surface area contributed by atoms with Gasteiger partial charge in [-0.25, -0.2) is 4.79 Å². The molecular weight excluding hydrogens is 310 g/mol. The summed E-state index contributed by atoms with van der Waals surface area (Å²) < 4.78 is 11.3. The minimum absolute atomic E-state index is 0.225. The fourth-order valence-electron chi connectivity index (χ4n) is 2.85. The average molecular weight is 333 g/mol. The molecule has 0 N–H and O–H groups in total. The highest BCUT2D eigenvalue weighted by Crippen LogP contribution is 2.31. The van der Waals surface area contributed by atoms with Crippen molar-refractivity contribution in [1.29, 1.82) is 0 Å². The summed E-state index contributed by atoms with van der Waals surface area (Å²) in [5, 5.41) is 1.18. The van der Waals surface area contributed by atoms with Gasteiger partial charge < -0.3 is 14.5 Å². The van der Waals surface area contributed by atoms with Crippen LogP contribution in [0.2, 0.25) is 0 Å². The number of aromatic nitrogens is 1. The van der Waals surface area contributed by atoms with E-state index >= 15 is 0 Å². The number of amides is 1. The highest BCUT2D eigenvalue weighted by atomic mass is 32.1. The van der Waals surface area contributed by atoms with E-state index in [0.29, 0.717) is 6.54 Å². The van der Waals surface area contributed by atoms with Gasteiger partial charge >= 0.3 is 6.09 Å². The van der Waals surface area contributed by atoms with E-state index in [1.807, 2.05) is 32.9 Å². The van der Waals surface area contributed by atoms with E-state index in [1.54, 1.807) is 4.90 Å². The molecule has 2 heterocycles. The summed E-state index contributed by atoms with van der Waals surface area (Å²) in [5.74, 6) is 1.00. The van der Waals surface area contributed by atoms with Crippen LogP contribution >= 0.6 is 11.5 Å². The Balaban J connectivity index is 1.70. The molecule has 1 aromatic heterocycles. The Labute approximate surface area is 141 Å². The maximum atomic E-state index is 12.2. The summed E-state index contributed by atoms with van der Waals surface area (Å²) in [7, 11) is 2.06. The third-order valence-electron chi connectivity index (χ3n) is 4.06. The number of carbonyl (C=O) groups excluding carboxylic acids is 1. The van der Waals surface area contributed by atoms with Crippen LogP contribution in [0, 0.1) is 0 Å². The minimum Gasteiger partial charge on any atom is -0.444 e. The Morgan fingerprint density at radius 3 is 2.87 bits per heavy atom. The van der Waals surface area contributed by atoms with E-state index in [9.17, 15) is 4.79 Å². The van der Waals surface area contributed by atoms with Crippen LogP contribution in [0.3, 0.4) is 0 Å². The maximum absolute atomic E-state index is 12.2. The molecule has 1 saturated heterocycles. The molecule has 0 aliphatic carbocycles. The largest absolute Gasteiger partial charge is 0.444 e.